The van der Waals surface area contributed by atoms with Crippen LogP contribution in [0.5, 0.6) is 5.88 Å². The molecule has 0 fully saturated rings. The number of aromatic nitrogens is 4. The van der Waals surface area contributed by atoms with E-state index in [1.165, 1.54) is 18.0 Å². The number of carbonyl (C=O) groups is 1. The van der Waals surface area contributed by atoms with E-state index in [0.29, 0.717) is 16.4 Å². The van der Waals surface area contributed by atoms with Crippen molar-refractivity contribution in [2.45, 2.75) is 26.3 Å². The molecule has 0 saturated heterocycles. The summed E-state index contributed by atoms with van der Waals surface area (Å²) < 4.78 is 6.40. The van der Waals surface area contributed by atoms with E-state index in [1.54, 1.807) is 27.0 Å². The number of aryl methyl sites for hydroxylation is 1. The summed E-state index contributed by atoms with van der Waals surface area (Å²) in [4.78, 5) is 19.4. The molecule has 2 rings (SSSR count). The molecular formula is C13H16ClN5O3. The van der Waals surface area contributed by atoms with E-state index in [9.17, 15) is 9.90 Å². The molecule has 0 amide bonds. The number of nitrogens with zero attached hydrogens (tertiary/aromatic N) is 4. The number of aliphatic carboxylic acids is 1. The number of anilines is 2. The minimum Gasteiger partial charge on any atom is -0.480 e. The Kier molecular flexibility index (Phi) is 4.23. The minimum atomic E-state index is -1.16. The summed E-state index contributed by atoms with van der Waals surface area (Å²) in [7, 11) is 1.46. The predicted molar refractivity (Wildman–Crippen MR) is 80.8 cm³/mol. The Hall–Kier alpha value is -2.35. The molecule has 0 aliphatic heterocycles. The van der Waals surface area contributed by atoms with Crippen molar-refractivity contribution in [1.29, 1.82) is 0 Å². The number of nitrogens with one attached hydrogen (secondary N) is 1. The van der Waals surface area contributed by atoms with Crippen molar-refractivity contribution in [3.63, 3.8) is 0 Å². The lowest BCUT2D eigenvalue weighted by molar-refractivity contribution is -0.146. The van der Waals surface area contributed by atoms with E-state index in [-0.39, 0.29) is 11.8 Å². The molecule has 2 N–H and O–H groups in total. The number of halogens is 1. The van der Waals surface area contributed by atoms with Gasteiger partial charge in [0.25, 0.3) is 0 Å². The van der Waals surface area contributed by atoms with Gasteiger partial charge in [-0.15, -0.1) is 0 Å². The van der Waals surface area contributed by atoms with Crippen LogP contribution in [0, 0.1) is 6.92 Å². The van der Waals surface area contributed by atoms with Crippen LogP contribution in [0.4, 0.5) is 11.6 Å². The fourth-order valence-electron chi connectivity index (χ4n) is 1.64. The van der Waals surface area contributed by atoms with Crippen LogP contribution in [0.2, 0.25) is 5.02 Å². The fourth-order valence-corrected chi connectivity index (χ4v) is 1.81. The number of methoxy groups -OCH3 is 1. The number of hydrogen-bond donors (Lipinski definition) is 2. The molecule has 0 radical (unpaired) electrons. The highest BCUT2D eigenvalue weighted by Gasteiger charge is 2.31. The van der Waals surface area contributed by atoms with Gasteiger partial charge in [-0.3, -0.25) is 4.68 Å². The highest BCUT2D eigenvalue weighted by molar-refractivity contribution is 6.31. The van der Waals surface area contributed by atoms with Gasteiger partial charge >= 0.3 is 5.97 Å². The molecule has 0 bridgehead atoms. The van der Waals surface area contributed by atoms with Gasteiger partial charge in [0.1, 0.15) is 5.02 Å². The topological polar surface area (TPSA) is 102 Å². The molecule has 8 nitrogen and oxygen atoms in total. The summed E-state index contributed by atoms with van der Waals surface area (Å²) in [6, 6.07) is 0. The van der Waals surface area contributed by atoms with E-state index < -0.39 is 11.5 Å². The third-order valence-corrected chi connectivity index (χ3v) is 3.41. The van der Waals surface area contributed by atoms with Crippen LogP contribution < -0.4 is 10.1 Å². The van der Waals surface area contributed by atoms with Crippen LogP contribution in [0.25, 0.3) is 0 Å². The molecule has 0 saturated carbocycles. The smallest absolute Gasteiger partial charge is 0.331 e. The molecule has 2 heterocycles. The van der Waals surface area contributed by atoms with Crippen molar-refractivity contribution in [1.82, 2.24) is 19.7 Å². The Morgan fingerprint density at radius 1 is 1.50 bits per heavy atom. The van der Waals surface area contributed by atoms with E-state index >= 15 is 0 Å². The van der Waals surface area contributed by atoms with Crippen molar-refractivity contribution >= 4 is 29.2 Å². The average molecular weight is 326 g/mol. The molecule has 0 aromatic carbocycles. The average Bonchev–Trinajstić information content (AvgIpc) is 2.82. The SMILES string of the molecule is COc1nc(Nc2cn(C(C)(C)C(=O)O)nc2C)ncc1Cl. The lowest BCUT2D eigenvalue weighted by atomic mass is 10.1. The van der Waals surface area contributed by atoms with Gasteiger partial charge in [-0.25, -0.2) is 9.78 Å². The largest absolute Gasteiger partial charge is 0.480 e. The lowest BCUT2D eigenvalue weighted by Crippen LogP contribution is -2.36. The lowest BCUT2D eigenvalue weighted by Gasteiger charge is -2.19. The van der Waals surface area contributed by atoms with Gasteiger partial charge in [0.2, 0.25) is 11.8 Å². The van der Waals surface area contributed by atoms with Gasteiger partial charge in [-0.05, 0) is 20.8 Å². The maximum Gasteiger partial charge on any atom is 0.331 e. The van der Waals surface area contributed by atoms with Crippen molar-refractivity contribution in [3.05, 3.63) is 23.1 Å². The Labute approximate surface area is 132 Å². The van der Waals surface area contributed by atoms with Gasteiger partial charge in [0.15, 0.2) is 5.54 Å². The van der Waals surface area contributed by atoms with Gasteiger partial charge in [0.05, 0.1) is 30.9 Å². The van der Waals surface area contributed by atoms with Crippen LogP contribution in [-0.2, 0) is 10.3 Å². The molecule has 0 atom stereocenters. The van der Waals surface area contributed by atoms with Crippen molar-refractivity contribution in [3.8, 4) is 5.88 Å². The molecule has 2 aromatic rings. The fraction of sp³-hybridized carbons (Fsp3) is 0.385. The molecular weight excluding hydrogens is 310 g/mol. The van der Waals surface area contributed by atoms with Crippen molar-refractivity contribution in [2.75, 3.05) is 12.4 Å². The summed E-state index contributed by atoms with van der Waals surface area (Å²) in [5.41, 5.74) is 0.0500. The van der Waals surface area contributed by atoms with Crippen molar-refractivity contribution in [2.24, 2.45) is 0 Å². The first-order chi connectivity index (χ1) is 10.3. The molecule has 22 heavy (non-hydrogen) atoms. The summed E-state index contributed by atoms with van der Waals surface area (Å²) in [6.45, 7) is 4.88. The zero-order valence-corrected chi connectivity index (χ0v) is 13.3. The summed E-state index contributed by atoms with van der Waals surface area (Å²) in [6.07, 6.45) is 3.00. The van der Waals surface area contributed by atoms with Crippen LogP contribution >= 0.6 is 11.6 Å². The maximum atomic E-state index is 11.3. The van der Waals surface area contributed by atoms with Gasteiger partial charge in [-0.2, -0.15) is 10.1 Å². The van der Waals surface area contributed by atoms with Crippen LogP contribution in [0.3, 0.4) is 0 Å². The molecule has 118 valence electrons. The molecule has 0 spiro atoms. The second-order valence-electron chi connectivity index (χ2n) is 5.11. The third-order valence-electron chi connectivity index (χ3n) is 3.15. The Balaban J connectivity index is 2.31. The molecule has 0 aliphatic carbocycles. The highest BCUT2D eigenvalue weighted by Crippen LogP contribution is 2.25. The summed E-state index contributed by atoms with van der Waals surface area (Å²) >= 11 is 5.87. The second kappa shape index (κ2) is 5.80. The normalized spacial score (nSPS) is 11.3. The van der Waals surface area contributed by atoms with Gasteiger partial charge < -0.3 is 15.2 Å². The number of carboxylic acids is 1. The molecule has 0 aliphatic rings. The predicted octanol–water partition coefficient (Wildman–Crippen LogP) is 2.21. The van der Waals surface area contributed by atoms with E-state index in [2.05, 4.69) is 20.4 Å². The van der Waals surface area contributed by atoms with Gasteiger partial charge in [-0.1, -0.05) is 11.6 Å². The first kappa shape index (κ1) is 16.0. The van der Waals surface area contributed by atoms with Crippen LogP contribution in [0.1, 0.15) is 19.5 Å². The number of ether oxygens (including phenoxy) is 1. The minimum absolute atomic E-state index is 0.245. The van der Waals surface area contributed by atoms with E-state index in [0.717, 1.165) is 0 Å². The van der Waals surface area contributed by atoms with Crippen molar-refractivity contribution < 1.29 is 14.6 Å². The van der Waals surface area contributed by atoms with Crippen LogP contribution in [0.15, 0.2) is 12.4 Å². The summed E-state index contributed by atoms with van der Waals surface area (Å²) in [5.74, 6) is -0.460. The first-order valence-electron chi connectivity index (χ1n) is 6.39. The molecule has 2 aromatic heterocycles. The Bertz CT molecular complexity index is 714. The zero-order chi connectivity index (χ0) is 16.5. The van der Waals surface area contributed by atoms with E-state index in [4.69, 9.17) is 16.3 Å². The second-order valence-corrected chi connectivity index (χ2v) is 5.52. The van der Waals surface area contributed by atoms with Gasteiger partial charge in [0, 0.05) is 0 Å². The first-order valence-corrected chi connectivity index (χ1v) is 6.77. The third kappa shape index (κ3) is 2.96. The molecule has 9 heteroatoms. The summed E-state index contributed by atoms with van der Waals surface area (Å²) in [5, 5.41) is 16.7. The number of carboxylic acid groups (broad SMARTS) is 1. The monoisotopic (exact) mass is 325 g/mol. The zero-order valence-electron chi connectivity index (χ0n) is 12.6. The Morgan fingerprint density at radius 3 is 2.77 bits per heavy atom. The molecule has 0 unspecified atom stereocenters. The quantitative estimate of drug-likeness (QED) is 0.868. The number of hydrogen-bond acceptors (Lipinski definition) is 6. The maximum absolute atomic E-state index is 11.3. The van der Waals surface area contributed by atoms with Crippen LogP contribution in [-0.4, -0.2) is 37.9 Å². The Morgan fingerprint density at radius 2 is 2.18 bits per heavy atom. The number of rotatable bonds is 5. The highest BCUT2D eigenvalue weighted by atomic mass is 35.5. The van der Waals surface area contributed by atoms with E-state index in [1.807, 2.05) is 0 Å². The standard InChI is InChI=1S/C13H16ClN5O3/c1-7-9(6-19(18-7)13(2,3)11(20)21)16-12-15-5-8(14)10(17-12)22-4/h5-6H,1-4H3,(H,20,21)(H,15,16,17).